The standard InChI is InChI=1S/C21H32N2O3/c1-20-11-9-15-13(5-8-17-21(15,2)12-10-18(24)22-17)14(20)6-7-16(20)19(25)23(3)26-4/h10,12-17H,5-9,11H2,1-4H3,(H,22,24)/t13-,14-,15-,16+,17+,20-,21+/m0/s1. The molecule has 4 aliphatic rings. The van der Waals surface area contributed by atoms with Crippen LogP contribution in [-0.2, 0) is 14.4 Å². The lowest BCUT2D eigenvalue weighted by molar-refractivity contribution is -0.179. The summed E-state index contributed by atoms with van der Waals surface area (Å²) in [6.07, 6.45) is 10.5. The molecule has 3 saturated carbocycles. The van der Waals surface area contributed by atoms with E-state index < -0.39 is 0 Å². The van der Waals surface area contributed by atoms with Gasteiger partial charge in [-0.2, -0.15) is 0 Å². The summed E-state index contributed by atoms with van der Waals surface area (Å²) in [6.45, 7) is 4.68. The minimum Gasteiger partial charge on any atom is -0.349 e. The Kier molecular flexibility index (Phi) is 4.22. The van der Waals surface area contributed by atoms with E-state index in [1.54, 1.807) is 20.2 Å². The third-order valence-corrected chi connectivity index (χ3v) is 8.57. The van der Waals surface area contributed by atoms with Crippen molar-refractivity contribution in [2.24, 2.45) is 34.5 Å². The fraction of sp³-hybridized carbons (Fsp3) is 0.810. The van der Waals surface area contributed by atoms with Crippen LogP contribution in [0, 0.1) is 34.5 Å². The van der Waals surface area contributed by atoms with Crippen molar-refractivity contribution < 1.29 is 14.4 Å². The SMILES string of the molecule is CON(C)C(=O)[C@H]1CC[C@H]2[C@@H]3CC[C@H]4NC(=O)C=C[C@]4(C)[C@H]3CC[C@]12C. The van der Waals surface area contributed by atoms with Crippen LogP contribution < -0.4 is 5.32 Å². The van der Waals surface area contributed by atoms with Gasteiger partial charge in [0.1, 0.15) is 0 Å². The topological polar surface area (TPSA) is 58.6 Å². The molecule has 1 N–H and O–H groups in total. The van der Waals surface area contributed by atoms with Gasteiger partial charge in [-0.3, -0.25) is 14.4 Å². The highest BCUT2D eigenvalue weighted by atomic mass is 16.7. The van der Waals surface area contributed by atoms with Gasteiger partial charge in [0.15, 0.2) is 0 Å². The number of amides is 2. The zero-order valence-electron chi connectivity index (χ0n) is 16.5. The third kappa shape index (κ3) is 2.39. The van der Waals surface area contributed by atoms with E-state index in [2.05, 4.69) is 25.2 Å². The van der Waals surface area contributed by atoms with Crippen LogP contribution in [0.5, 0.6) is 0 Å². The summed E-state index contributed by atoms with van der Waals surface area (Å²) in [5, 5.41) is 4.63. The van der Waals surface area contributed by atoms with E-state index in [1.807, 2.05) is 0 Å². The van der Waals surface area contributed by atoms with Crippen molar-refractivity contribution >= 4 is 11.8 Å². The molecule has 0 spiro atoms. The van der Waals surface area contributed by atoms with Crippen molar-refractivity contribution in [2.75, 3.05) is 14.2 Å². The molecule has 2 amide bonds. The molecule has 0 aromatic rings. The second-order valence-corrected chi connectivity index (χ2v) is 9.41. The Morgan fingerprint density at radius 1 is 1.19 bits per heavy atom. The van der Waals surface area contributed by atoms with E-state index in [9.17, 15) is 9.59 Å². The third-order valence-electron chi connectivity index (χ3n) is 8.57. The Morgan fingerprint density at radius 2 is 1.96 bits per heavy atom. The molecule has 3 fully saturated rings. The minimum atomic E-state index is 0.0562. The molecule has 0 saturated heterocycles. The lowest BCUT2D eigenvalue weighted by Gasteiger charge is -2.58. The van der Waals surface area contributed by atoms with Gasteiger partial charge in [0.2, 0.25) is 11.8 Å². The number of nitrogens with one attached hydrogen (secondary N) is 1. The highest BCUT2D eigenvalue weighted by Gasteiger charge is 2.61. The van der Waals surface area contributed by atoms with Crippen LogP contribution >= 0.6 is 0 Å². The monoisotopic (exact) mass is 360 g/mol. The van der Waals surface area contributed by atoms with Crippen LogP contribution in [0.3, 0.4) is 0 Å². The predicted molar refractivity (Wildman–Crippen MR) is 98.7 cm³/mol. The maximum absolute atomic E-state index is 12.9. The van der Waals surface area contributed by atoms with Gasteiger partial charge in [-0.15, -0.1) is 0 Å². The van der Waals surface area contributed by atoms with Gasteiger partial charge in [0.05, 0.1) is 7.11 Å². The Balaban J connectivity index is 1.61. The Bertz CT molecular complexity index is 647. The van der Waals surface area contributed by atoms with Gasteiger partial charge in [0, 0.05) is 24.4 Å². The number of nitrogens with zero attached hydrogens (tertiary/aromatic N) is 1. The molecule has 5 heteroatoms. The summed E-state index contributed by atoms with van der Waals surface area (Å²) < 4.78 is 0. The first-order valence-corrected chi connectivity index (χ1v) is 10.1. The van der Waals surface area contributed by atoms with Gasteiger partial charge in [-0.05, 0) is 67.8 Å². The second kappa shape index (κ2) is 6.08. The van der Waals surface area contributed by atoms with Crippen molar-refractivity contribution in [2.45, 2.75) is 58.4 Å². The highest BCUT2D eigenvalue weighted by molar-refractivity contribution is 5.89. The van der Waals surface area contributed by atoms with Crippen molar-refractivity contribution in [3.63, 3.8) is 0 Å². The Morgan fingerprint density at radius 3 is 2.69 bits per heavy atom. The smallest absolute Gasteiger partial charge is 0.249 e. The first kappa shape index (κ1) is 18.0. The normalized spacial score (nSPS) is 46.8. The number of carbonyl (C=O) groups is 2. The fourth-order valence-corrected chi connectivity index (χ4v) is 7.05. The average molecular weight is 360 g/mol. The molecule has 7 atom stereocenters. The summed E-state index contributed by atoms with van der Waals surface area (Å²) in [7, 11) is 3.29. The maximum atomic E-state index is 12.9. The summed E-state index contributed by atoms with van der Waals surface area (Å²) in [4.78, 5) is 29.9. The van der Waals surface area contributed by atoms with Gasteiger partial charge in [-0.1, -0.05) is 19.9 Å². The van der Waals surface area contributed by atoms with Crippen molar-refractivity contribution in [1.82, 2.24) is 10.4 Å². The molecule has 5 nitrogen and oxygen atoms in total. The zero-order chi connectivity index (χ0) is 18.7. The van der Waals surface area contributed by atoms with Crippen LogP contribution in [-0.4, -0.2) is 37.1 Å². The van der Waals surface area contributed by atoms with Crippen LogP contribution in [0.25, 0.3) is 0 Å². The number of hydrogen-bond donors (Lipinski definition) is 1. The number of carbonyl (C=O) groups excluding carboxylic acids is 2. The van der Waals surface area contributed by atoms with Gasteiger partial charge < -0.3 is 5.32 Å². The Hall–Kier alpha value is -1.36. The maximum Gasteiger partial charge on any atom is 0.249 e. The van der Waals surface area contributed by atoms with Crippen LogP contribution in [0.2, 0.25) is 0 Å². The largest absolute Gasteiger partial charge is 0.349 e. The minimum absolute atomic E-state index is 0.0562. The molecule has 0 aromatic heterocycles. The number of rotatable bonds is 2. The molecule has 1 heterocycles. The van der Waals surface area contributed by atoms with E-state index in [-0.39, 0.29) is 34.6 Å². The first-order valence-electron chi connectivity index (χ1n) is 10.1. The fourth-order valence-electron chi connectivity index (χ4n) is 7.05. The lowest BCUT2D eigenvalue weighted by Crippen LogP contribution is -2.59. The molecule has 3 aliphatic carbocycles. The van der Waals surface area contributed by atoms with Crippen molar-refractivity contribution in [3.05, 3.63) is 12.2 Å². The highest BCUT2D eigenvalue weighted by Crippen LogP contribution is 2.65. The van der Waals surface area contributed by atoms with Gasteiger partial charge >= 0.3 is 0 Å². The van der Waals surface area contributed by atoms with Gasteiger partial charge in [0.25, 0.3) is 0 Å². The average Bonchev–Trinajstić information content (AvgIpc) is 2.98. The molecule has 1 aliphatic heterocycles. The second-order valence-electron chi connectivity index (χ2n) is 9.41. The van der Waals surface area contributed by atoms with Crippen molar-refractivity contribution in [1.29, 1.82) is 0 Å². The summed E-state index contributed by atoms with van der Waals surface area (Å²) in [6, 6.07) is 0.268. The quantitative estimate of drug-likeness (QED) is 0.770. The van der Waals surface area contributed by atoms with Crippen LogP contribution in [0.15, 0.2) is 12.2 Å². The molecule has 144 valence electrons. The lowest BCUT2D eigenvalue weighted by atomic mass is 9.48. The summed E-state index contributed by atoms with van der Waals surface area (Å²) in [5.74, 6) is 2.13. The van der Waals surface area contributed by atoms with E-state index in [4.69, 9.17) is 4.84 Å². The summed E-state index contributed by atoms with van der Waals surface area (Å²) in [5.41, 5.74) is 0.138. The molecule has 4 rings (SSSR count). The van der Waals surface area contributed by atoms with Gasteiger partial charge in [-0.25, -0.2) is 5.06 Å². The Labute approximate surface area is 156 Å². The molecule has 0 bridgehead atoms. The number of fused-ring (bicyclic) bond motifs is 5. The van der Waals surface area contributed by atoms with Crippen LogP contribution in [0.1, 0.15) is 52.4 Å². The van der Waals surface area contributed by atoms with E-state index in [0.29, 0.717) is 17.8 Å². The molecule has 0 unspecified atom stereocenters. The first-order chi connectivity index (χ1) is 12.3. The van der Waals surface area contributed by atoms with E-state index in [0.717, 1.165) is 32.1 Å². The van der Waals surface area contributed by atoms with Crippen LogP contribution in [0.4, 0.5) is 0 Å². The predicted octanol–water partition coefficient (Wildman–Crippen LogP) is 2.92. The van der Waals surface area contributed by atoms with E-state index in [1.165, 1.54) is 11.5 Å². The van der Waals surface area contributed by atoms with Crippen molar-refractivity contribution in [3.8, 4) is 0 Å². The number of hydroxylamine groups is 2. The molecular formula is C21H32N2O3. The zero-order valence-corrected chi connectivity index (χ0v) is 16.5. The molecular weight excluding hydrogens is 328 g/mol. The summed E-state index contributed by atoms with van der Waals surface area (Å²) >= 11 is 0. The molecule has 26 heavy (non-hydrogen) atoms. The van der Waals surface area contributed by atoms with E-state index >= 15 is 0 Å². The molecule has 0 aromatic carbocycles. The molecule has 0 radical (unpaired) electrons. The number of hydrogen-bond acceptors (Lipinski definition) is 3.